The van der Waals surface area contributed by atoms with Crippen LogP contribution >= 0.6 is 0 Å². The van der Waals surface area contributed by atoms with Crippen molar-refractivity contribution in [1.82, 2.24) is 15.4 Å². The molecule has 0 saturated carbocycles. The van der Waals surface area contributed by atoms with Crippen LogP contribution in [0.15, 0.2) is 54.2 Å². The number of amides is 1. The average Bonchev–Trinajstić information content (AvgIpc) is 2.49. The van der Waals surface area contributed by atoms with E-state index in [1.807, 2.05) is 19.1 Å². The van der Waals surface area contributed by atoms with Crippen molar-refractivity contribution < 1.29 is 4.79 Å². The van der Waals surface area contributed by atoms with E-state index in [1.54, 1.807) is 36.9 Å². The van der Waals surface area contributed by atoms with E-state index in [0.717, 1.165) is 17.7 Å². The van der Waals surface area contributed by atoms with E-state index in [0.29, 0.717) is 5.56 Å². The first-order valence-corrected chi connectivity index (χ1v) is 5.98. The molecular weight excluding hydrogens is 240 g/mol. The highest BCUT2D eigenvalue weighted by Crippen LogP contribution is 2.03. The first-order valence-electron chi connectivity index (χ1n) is 5.98. The van der Waals surface area contributed by atoms with Crippen molar-refractivity contribution in [1.29, 1.82) is 0 Å². The van der Waals surface area contributed by atoms with E-state index in [9.17, 15) is 4.79 Å². The first kappa shape index (κ1) is 12.9. The van der Waals surface area contributed by atoms with Crippen molar-refractivity contribution in [2.24, 2.45) is 5.10 Å². The van der Waals surface area contributed by atoms with Crippen LogP contribution in [0.25, 0.3) is 0 Å². The van der Waals surface area contributed by atoms with Crippen LogP contribution in [0.2, 0.25) is 0 Å². The van der Waals surface area contributed by atoms with Gasteiger partial charge in [-0.3, -0.25) is 14.8 Å². The van der Waals surface area contributed by atoms with Gasteiger partial charge < -0.3 is 0 Å². The van der Waals surface area contributed by atoms with E-state index in [4.69, 9.17) is 0 Å². The Bertz CT molecular complexity index is 567. The summed E-state index contributed by atoms with van der Waals surface area (Å²) in [4.78, 5) is 19.7. The number of hydrogen-bond acceptors (Lipinski definition) is 4. The molecule has 1 amide bonds. The number of carbonyl (C=O) groups is 1. The predicted molar refractivity (Wildman–Crippen MR) is 72.8 cm³/mol. The molecule has 0 unspecified atom stereocenters. The minimum Gasteiger partial charge on any atom is -0.267 e. The third-order valence-electron chi connectivity index (χ3n) is 2.58. The van der Waals surface area contributed by atoms with E-state index < -0.39 is 0 Å². The molecule has 1 N–H and O–H groups in total. The summed E-state index contributed by atoms with van der Waals surface area (Å²) in [5, 5.41) is 4.16. The number of carbonyl (C=O) groups excluding carboxylic acids is 1. The largest absolute Gasteiger partial charge is 0.271 e. The molecule has 2 heterocycles. The molecule has 0 atom stereocenters. The summed E-state index contributed by atoms with van der Waals surface area (Å²) in [6.07, 6.45) is 7.27. The second-order valence-electron chi connectivity index (χ2n) is 3.82. The Hall–Kier alpha value is -2.56. The first-order chi connectivity index (χ1) is 9.31. The fourth-order valence-electron chi connectivity index (χ4n) is 1.58. The molecule has 0 spiro atoms. The van der Waals surface area contributed by atoms with Gasteiger partial charge in [0.2, 0.25) is 0 Å². The van der Waals surface area contributed by atoms with Gasteiger partial charge in [0, 0.05) is 35.9 Å². The van der Waals surface area contributed by atoms with Crippen LogP contribution in [-0.2, 0) is 0 Å². The van der Waals surface area contributed by atoms with E-state index in [-0.39, 0.29) is 5.91 Å². The lowest BCUT2D eigenvalue weighted by molar-refractivity contribution is 0.0954. The van der Waals surface area contributed by atoms with Gasteiger partial charge in [0.15, 0.2) is 0 Å². The average molecular weight is 254 g/mol. The van der Waals surface area contributed by atoms with Crippen molar-refractivity contribution in [3.63, 3.8) is 0 Å². The van der Waals surface area contributed by atoms with E-state index in [2.05, 4.69) is 20.5 Å². The van der Waals surface area contributed by atoms with Crippen LogP contribution in [0.4, 0.5) is 0 Å². The Labute approximate surface area is 111 Å². The Morgan fingerprint density at radius 2 is 1.58 bits per heavy atom. The van der Waals surface area contributed by atoms with Crippen LogP contribution < -0.4 is 5.43 Å². The molecular formula is C14H14N4O. The van der Waals surface area contributed by atoms with Crippen molar-refractivity contribution in [2.75, 3.05) is 0 Å². The highest BCUT2D eigenvalue weighted by Gasteiger charge is 2.05. The molecule has 96 valence electrons. The van der Waals surface area contributed by atoms with E-state index >= 15 is 0 Å². The van der Waals surface area contributed by atoms with Crippen LogP contribution in [0, 0.1) is 0 Å². The quantitative estimate of drug-likeness (QED) is 0.670. The Balaban J connectivity index is 2.11. The Kier molecular flexibility index (Phi) is 4.34. The summed E-state index contributed by atoms with van der Waals surface area (Å²) in [5.41, 5.74) is 4.84. The van der Waals surface area contributed by atoms with Gasteiger partial charge in [-0.05, 0) is 30.7 Å². The summed E-state index contributed by atoms with van der Waals surface area (Å²) < 4.78 is 0. The topological polar surface area (TPSA) is 67.2 Å². The summed E-state index contributed by atoms with van der Waals surface area (Å²) in [6, 6.07) is 7.01. The number of nitrogens with one attached hydrogen (secondary N) is 1. The molecule has 2 aromatic rings. The summed E-state index contributed by atoms with van der Waals surface area (Å²) >= 11 is 0. The van der Waals surface area contributed by atoms with Crippen molar-refractivity contribution >= 4 is 11.6 Å². The van der Waals surface area contributed by atoms with Gasteiger partial charge in [0.05, 0.1) is 5.71 Å². The number of hydrazone groups is 1. The summed E-state index contributed by atoms with van der Waals surface area (Å²) in [6.45, 7) is 1.98. The number of hydrogen-bond donors (Lipinski definition) is 1. The van der Waals surface area contributed by atoms with Crippen LogP contribution in [0.1, 0.15) is 29.3 Å². The Morgan fingerprint density at radius 3 is 2.11 bits per heavy atom. The predicted octanol–water partition coefficient (Wildman–Crippen LogP) is 2.02. The zero-order valence-electron chi connectivity index (χ0n) is 10.6. The molecule has 0 fully saturated rings. The lowest BCUT2D eigenvalue weighted by Crippen LogP contribution is -2.20. The van der Waals surface area contributed by atoms with Crippen LogP contribution in [0.3, 0.4) is 0 Å². The maximum absolute atomic E-state index is 11.8. The zero-order valence-corrected chi connectivity index (χ0v) is 10.6. The van der Waals surface area contributed by atoms with Gasteiger partial charge in [0.25, 0.3) is 5.91 Å². The summed E-state index contributed by atoms with van der Waals surface area (Å²) in [7, 11) is 0. The molecule has 0 aliphatic heterocycles. The third kappa shape index (κ3) is 3.45. The molecule has 0 saturated heterocycles. The van der Waals surface area contributed by atoms with Gasteiger partial charge in [-0.15, -0.1) is 0 Å². The molecule has 0 aliphatic carbocycles. The normalized spacial score (nSPS) is 11.1. The molecule has 0 radical (unpaired) electrons. The second-order valence-corrected chi connectivity index (χ2v) is 3.82. The highest BCUT2D eigenvalue weighted by molar-refractivity contribution is 6.02. The molecule has 19 heavy (non-hydrogen) atoms. The zero-order chi connectivity index (χ0) is 13.5. The fourth-order valence-corrected chi connectivity index (χ4v) is 1.58. The van der Waals surface area contributed by atoms with Crippen molar-refractivity contribution in [3.8, 4) is 0 Å². The number of aromatic nitrogens is 2. The standard InChI is InChI=1S/C14H14N4O/c1-2-13(11-3-7-15-8-4-11)17-18-14(19)12-5-9-16-10-6-12/h3-10H,2H2,1H3,(H,18,19). The van der Waals surface area contributed by atoms with E-state index in [1.165, 1.54) is 0 Å². The minimum absolute atomic E-state index is 0.248. The van der Waals surface area contributed by atoms with Gasteiger partial charge in [-0.25, -0.2) is 5.43 Å². The lowest BCUT2D eigenvalue weighted by Gasteiger charge is -2.04. The van der Waals surface area contributed by atoms with Gasteiger partial charge in [-0.1, -0.05) is 6.92 Å². The highest BCUT2D eigenvalue weighted by atomic mass is 16.2. The number of pyridine rings is 2. The van der Waals surface area contributed by atoms with Crippen LogP contribution in [0.5, 0.6) is 0 Å². The molecule has 0 aliphatic rings. The summed E-state index contributed by atoms with van der Waals surface area (Å²) in [5.74, 6) is -0.248. The molecule has 0 bridgehead atoms. The second kappa shape index (κ2) is 6.39. The van der Waals surface area contributed by atoms with Crippen molar-refractivity contribution in [2.45, 2.75) is 13.3 Å². The van der Waals surface area contributed by atoms with Gasteiger partial charge >= 0.3 is 0 Å². The Morgan fingerprint density at radius 1 is 1.05 bits per heavy atom. The molecule has 2 aromatic heterocycles. The third-order valence-corrected chi connectivity index (χ3v) is 2.58. The maximum Gasteiger partial charge on any atom is 0.271 e. The lowest BCUT2D eigenvalue weighted by atomic mass is 10.1. The molecule has 2 rings (SSSR count). The SMILES string of the molecule is CCC(=NNC(=O)c1ccncc1)c1ccncc1. The van der Waals surface area contributed by atoms with Crippen molar-refractivity contribution in [3.05, 3.63) is 60.2 Å². The number of rotatable bonds is 4. The minimum atomic E-state index is -0.248. The van der Waals surface area contributed by atoms with Crippen LogP contribution in [-0.4, -0.2) is 21.6 Å². The van der Waals surface area contributed by atoms with Gasteiger partial charge in [0.1, 0.15) is 0 Å². The monoisotopic (exact) mass is 254 g/mol. The molecule has 5 nitrogen and oxygen atoms in total. The van der Waals surface area contributed by atoms with Gasteiger partial charge in [-0.2, -0.15) is 5.10 Å². The fraction of sp³-hybridized carbons (Fsp3) is 0.143. The smallest absolute Gasteiger partial charge is 0.267 e. The number of nitrogens with zero attached hydrogens (tertiary/aromatic N) is 3. The molecule has 0 aromatic carbocycles. The maximum atomic E-state index is 11.8. The molecule has 5 heteroatoms.